The largest absolute Gasteiger partial charge is 0.497 e. The first-order chi connectivity index (χ1) is 7.06. The molecule has 0 aromatic heterocycles. The van der Waals surface area contributed by atoms with Crippen LogP contribution in [-0.2, 0) is 4.79 Å². The van der Waals surface area contributed by atoms with E-state index in [1.807, 2.05) is 0 Å². The van der Waals surface area contributed by atoms with E-state index in [1.165, 1.54) is 6.92 Å². The summed E-state index contributed by atoms with van der Waals surface area (Å²) in [4.78, 5) is 22.6. The van der Waals surface area contributed by atoms with Gasteiger partial charge in [-0.1, -0.05) is 6.58 Å². The molecule has 0 aliphatic rings. The van der Waals surface area contributed by atoms with Crippen molar-refractivity contribution in [2.45, 2.75) is 6.92 Å². The minimum atomic E-state index is -0.342. The molecule has 0 radical (unpaired) electrons. The lowest BCUT2D eigenvalue weighted by atomic mass is 10.0. The lowest BCUT2D eigenvalue weighted by Crippen LogP contribution is -2.08. The molecule has 0 spiro atoms. The van der Waals surface area contributed by atoms with Crippen LogP contribution in [-0.4, -0.2) is 18.7 Å². The van der Waals surface area contributed by atoms with Crippen LogP contribution in [0, 0.1) is 0 Å². The van der Waals surface area contributed by atoms with E-state index < -0.39 is 0 Å². The fourth-order valence-corrected chi connectivity index (χ4v) is 1.08. The average molecular weight is 204 g/mol. The van der Waals surface area contributed by atoms with E-state index >= 15 is 0 Å². The van der Waals surface area contributed by atoms with Crippen LogP contribution in [0.4, 0.5) is 0 Å². The van der Waals surface area contributed by atoms with Gasteiger partial charge in [-0.15, -0.1) is 0 Å². The van der Waals surface area contributed by atoms with Crippen molar-refractivity contribution in [2.75, 3.05) is 7.11 Å². The minimum Gasteiger partial charge on any atom is -0.497 e. The van der Waals surface area contributed by atoms with Gasteiger partial charge in [0.1, 0.15) is 5.75 Å². The summed E-state index contributed by atoms with van der Waals surface area (Å²) >= 11 is 0. The number of hydrogen-bond donors (Lipinski definition) is 0. The second-order valence-electron chi connectivity index (χ2n) is 3.09. The molecule has 3 nitrogen and oxygen atoms in total. The van der Waals surface area contributed by atoms with Crippen LogP contribution in [0.3, 0.4) is 0 Å². The van der Waals surface area contributed by atoms with E-state index in [0.29, 0.717) is 11.3 Å². The number of ketones is 2. The molecule has 78 valence electrons. The number of hydrogen-bond acceptors (Lipinski definition) is 3. The summed E-state index contributed by atoms with van der Waals surface area (Å²) in [5, 5.41) is 0. The highest BCUT2D eigenvalue weighted by molar-refractivity contribution is 6.25. The molecule has 0 bridgehead atoms. The smallest absolute Gasteiger partial charge is 0.195 e. The van der Waals surface area contributed by atoms with E-state index in [4.69, 9.17) is 4.74 Å². The molecule has 0 unspecified atom stereocenters. The SMILES string of the molecule is C=C(C(C)=O)C(=O)c1ccc(OC)cc1. The lowest BCUT2D eigenvalue weighted by Gasteiger charge is -2.02. The molecule has 0 atom stereocenters. The van der Waals surface area contributed by atoms with Gasteiger partial charge in [0.15, 0.2) is 11.6 Å². The molecule has 1 aromatic rings. The van der Waals surface area contributed by atoms with Crippen molar-refractivity contribution in [3.05, 3.63) is 42.0 Å². The Labute approximate surface area is 88.4 Å². The molecule has 3 heteroatoms. The molecule has 0 aliphatic heterocycles. The first kappa shape index (κ1) is 11.2. The van der Waals surface area contributed by atoms with Crippen LogP contribution in [0.1, 0.15) is 17.3 Å². The Morgan fingerprint density at radius 1 is 1.20 bits per heavy atom. The summed E-state index contributed by atoms with van der Waals surface area (Å²) in [6.07, 6.45) is 0. The van der Waals surface area contributed by atoms with E-state index in [0.717, 1.165) is 0 Å². The third-order valence-corrected chi connectivity index (χ3v) is 2.05. The fourth-order valence-electron chi connectivity index (χ4n) is 1.08. The van der Waals surface area contributed by atoms with E-state index in [-0.39, 0.29) is 17.1 Å². The molecule has 0 N–H and O–H groups in total. The van der Waals surface area contributed by atoms with Gasteiger partial charge in [0.2, 0.25) is 0 Å². The van der Waals surface area contributed by atoms with Crippen LogP contribution in [0.5, 0.6) is 5.75 Å². The monoisotopic (exact) mass is 204 g/mol. The highest BCUT2D eigenvalue weighted by Crippen LogP contribution is 2.14. The highest BCUT2D eigenvalue weighted by atomic mass is 16.5. The number of benzene rings is 1. The maximum absolute atomic E-state index is 11.6. The van der Waals surface area contributed by atoms with Crippen molar-refractivity contribution < 1.29 is 14.3 Å². The van der Waals surface area contributed by atoms with E-state index in [1.54, 1.807) is 31.4 Å². The summed E-state index contributed by atoms with van der Waals surface area (Å²) in [6.45, 7) is 4.77. The van der Waals surface area contributed by atoms with Gasteiger partial charge in [-0.05, 0) is 31.2 Å². The maximum Gasteiger partial charge on any atom is 0.195 e. The molecular weight excluding hydrogens is 192 g/mol. The zero-order valence-electron chi connectivity index (χ0n) is 8.74. The molecule has 0 heterocycles. The molecule has 0 saturated heterocycles. The normalized spacial score (nSPS) is 9.47. The van der Waals surface area contributed by atoms with Gasteiger partial charge in [0, 0.05) is 5.56 Å². The molecule has 0 amide bonds. The topological polar surface area (TPSA) is 43.4 Å². The van der Waals surface area contributed by atoms with Crippen LogP contribution < -0.4 is 4.74 Å². The van der Waals surface area contributed by atoms with Gasteiger partial charge in [-0.25, -0.2) is 0 Å². The summed E-state index contributed by atoms with van der Waals surface area (Å²) in [5.74, 6) is 0.0148. The van der Waals surface area contributed by atoms with Crippen LogP contribution >= 0.6 is 0 Å². The number of allylic oxidation sites excluding steroid dienone is 1. The molecule has 1 rings (SSSR count). The second-order valence-corrected chi connectivity index (χ2v) is 3.09. The summed E-state index contributed by atoms with van der Waals surface area (Å²) in [6, 6.07) is 6.55. The summed E-state index contributed by atoms with van der Waals surface area (Å²) in [5.41, 5.74) is 0.441. The second kappa shape index (κ2) is 4.55. The zero-order chi connectivity index (χ0) is 11.4. The van der Waals surface area contributed by atoms with Gasteiger partial charge in [0.05, 0.1) is 12.7 Å². The van der Waals surface area contributed by atoms with Crippen molar-refractivity contribution in [3.8, 4) is 5.75 Å². The summed E-state index contributed by atoms with van der Waals surface area (Å²) < 4.78 is 4.96. The standard InChI is InChI=1S/C12H12O3/c1-8(9(2)13)12(14)10-4-6-11(15-3)7-5-10/h4-7H,1H2,2-3H3. The van der Waals surface area contributed by atoms with Crippen LogP contribution in [0.15, 0.2) is 36.4 Å². The molecule has 0 aliphatic carbocycles. The van der Waals surface area contributed by atoms with Gasteiger partial charge >= 0.3 is 0 Å². The molecule has 15 heavy (non-hydrogen) atoms. The Morgan fingerprint density at radius 3 is 2.13 bits per heavy atom. The predicted octanol–water partition coefficient (Wildman–Crippen LogP) is 2.02. The van der Waals surface area contributed by atoms with Gasteiger partial charge in [-0.2, -0.15) is 0 Å². The Bertz CT molecular complexity index is 401. The van der Waals surface area contributed by atoms with Crippen molar-refractivity contribution in [3.63, 3.8) is 0 Å². The fraction of sp³-hybridized carbons (Fsp3) is 0.167. The number of carbonyl (C=O) groups is 2. The average Bonchev–Trinajstić information content (AvgIpc) is 2.27. The van der Waals surface area contributed by atoms with Gasteiger partial charge in [-0.3, -0.25) is 9.59 Å². The quantitative estimate of drug-likeness (QED) is 0.326. The van der Waals surface area contributed by atoms with Crippen molar-refractivity contribution in [1.82, 2.24) is 0 Å². The van der Waals surface area contributed by atoms with Crippen LogP contribution in [0.25, 0.3) is 0 Å². The number of methoxy groups -OCH3 is 1. The minimum absolute atomic E-state index is 0.000154. The molecule has 0 fully saturated rings. The zero-order valence-corrected chi connectivity index (χ0v) is 8.74. The van der Waals surface area contributed by atoms with E-state index in [9.17, 15) is 9.59 Å². The predicted molar refractivity (Wildman–Crippen MR) is 57.1 cm³/mol. The number of ether oxygens (including phenoxy) is 1. The molecule has 1 aromatic carbocycles. The summed E-state index contributed by atoms with van der Waals surface area (Å²) in [7, 11) is 1.55. The maximum atomic E-state index is 11.6. The Morgan fingerprint density at radius 2 is 1.73 bits per heavy atom. The van der Waals surface area contributed by atoms with Crippen molar-refractivity contribution >= 4 is 11.6 Å². The highest BCUT2D eigenvalue weighted by Gasteiger charge is 2.13. The Hall–Kier alpha value is -1.90. The first-order valence-corrected chi connectivity index (χ1v) is 4.45. The van der Waals surface area contributed by atoms with Crippen molar-refractivity contribution in [1.29, 1.82) is 0 Å². The molecule has 0 saturated carbocycles. The lowest BCUT2D eigenvalue weighted by molar-refractivity contribution is -0.113. The van der Waals surface area contributed by atoms with Gasteiger partial charge < -0.3 is 4.74 Å². The van der Waals surface area contributed by atoms with E-state index in [2.05, 4.69) is 6.58 Å². The number of rotatable bonds is 4. The molecular formula is C12H12O3. The number of carbonyl (C=O) groups excluding carboxylic acids is 2. The van der Waals surface area contributed by atoms with Gasteiger partial charge in [0.25, 0.3) is 0 Å². The van der Waals surface area contributed by atoms with Crippen LogP contribution in [0.2, 0.25) is 0 Å². The number of Topliss-reactive ketones (excluding diaryl/α,β-unsaturated/α-hetero) is 2. The van der Waals surface area contributed by atoms with Crippen molar-refractivity contribution in [2.24, 2.45) is 0 Å². The third kappa shape index (κ3) is 2.53. The Balaban J connectivity index is 2.92. The third-order valence-electron chi connectivity index (χ3n) is 2.05. The first-order valence-electron chi connectivity index (χ1n) is 4.45. The Kier molecular flexibility index (Phi) is 3.39.